The van der Waals surface area contributed by atoms with E-state index in [4.69, 9.17) is 35.0 Å². The molecule has 2 aliphatic heterocycles. The summed E-state index contributed by atoms with van der Waals surface area (Å²) in [4.78, 5) is 0. The van der Waals surface area contributed by atoms with Crippen LogP contribution in [0.25, 0.3) is 0 Å². The standard InChI is InChI=1S/C49H57ClO4Si.C4H8O/c1-7-9-26-39-32-44(50)40(35-53-55(49(4,5)6,41-27-18-12-19-28-41)42-29-20-13-21-30-42)31-43(39)47-48(52-34-38-24-16-11-17-25-38)46(36(3)45(8-2)54-47)51-33-37-22-14-10-15-23-37;1-2-4-5-3-1/h7,10-25,27-32,36,45-48H,1,8-9,26,33-35H2,2-6H3;1-4H2/t36-,45-,46+,47?,48-;/m1./s1. The normalized spacial score (nSPS) is 20.6. The summed E-state index contributed by atoms with van der Waals surface area (Å²) in [5, 5.41) is 2.98. The van der Waals surface area contributed by atoms with E-state index in [0.717, 1.165) is 60.3 Å². The number of aryl methyl sites for hydroxylation is 1. The number of allylic oxidation sites excluding steroid dienone is 1. The van der Waals surface area contributed by atoms with E-state index in [1.54, 1.807) is 0 Å². The van der Waals surface area contributed by atoms with Gasteiger partial charge in [0.05, 0.1) is 32.0 Å². The van der Waals surface area contributed by atoms with Gasteiger partial charge in [0.25, 0.3) is 8.32 Å². The highest BCUT2D eigenvalue weighted by molar-refractivity contribution is 6.99. The van der Waals surface area contributed by atoms with Crippen LogP contribution in [0.15, 0.2) is 146 Å². The van der Waals surface area contributed by atoms with Crippen molar-refractivity contribution >= 4 is 30.3 Å². The first kappa shape index (κ1) is 45.7. The van der Waals surface area contributed by atoms with Crippen molar-refractivity contribution < 1.29 is 23.4 Å². The van der Waals surface area contributed by atoms with E-state index in [2.05, 4.69) is 163 Å². The highest BCUT2D eigenvalue weighted by atomic mass is 35.5. The molecule has 0 bridgehead atoms. The molecule has 5 aromatic rings. The molecule has 1 unspecified atom stereocenters. The van der Waals surface area contributed by atoms with Gasteiger partial charge in [0.15, 0.2) is 0 Å². The molecule has 0 saturated carbocycles. The lowest BCUT2D eigenvalue weighted by Gasteiger charge is -2.46. The van der Waals surface area contributed by atoms with E-state index in [1.807, 2.05) is 18.2 Å². The molecule has 2 fully saturated rings. The van der Waals surface area contributed by atoms with E-state index in [9.17, 15) is 0 Å². The van der Waals surface area contributed by atoms with Gasteiger partial charge >= 0.3 is 0 Å². The second-order valence-corrected chi connectivity index (χ2v) is 21.8. The lowest BCUT2D eigenvalue weighted by atomic mass is 9.82. The fourth-order valence-electron chi connectivity index (χ4n) is 8.74. The van der Waals surface area contributed by atoms with Gasteiger partial charge in [-0.2, -0.15) is 0 Å². The zero-order valence-electron chi connectivity index (χ0n) is 36.4. The van der Waals surface area contributed by atoms with Gasteiger partial charge in [-0.25, -0.2) is 0 Å². The summed E-state index contributed by atoms with van der Waals surface area (Å²) in [6.07, 6.45) is 5.95. The zero-order valence-corrected chi connectivity index (χ0v) is 38.1. The van der Waals surface area contributed by atoms with Crippen molar-refractivity contribution in [3.05, 3.63) is 179 Å². The molecule has 60 heavy (non-hydrogen) atoms. The third kappa shape index (κ3) is 11.3. The number of rotatable bonds is 16. The number of hydrogen-bond acceptors (Lipinski definition) is 5. The Morgan fingerprint density at radius 3 is 1.70 bits per heavy atom. The van der Waals surface area contributed by atoms with E-state index in [0.29, 0.717) is 24.8 Å². The Morgan fingerprint density at radius 1 is 0.717 bits per heavy atom. The smallest absolute Gasteiger partial charge is 0.261 e. The minimum Gasteiger partial charge on any atom is -0.403 e. The molecule has 5 aromatic carbocycles. The van der Waals surface area contributed by atoms with E-state index < -0.39 is 14.4 Å². The van der Waals surface area contributed by atoms with Crippen LogP contribution in [0, 0.1) is 5.92 Å². The minimum absolute atomic E-state index is 0.0258. The summed E-state index contributed by atoms with van der Waals surface area (Å²) in [5.74, 6) is 0.104. The van der Waals surface area contributed by atoms with Crippen molar-refractivity contribution in [2.24, 2.45) is 5.92 Å². The van der Waals surface area contributed by atoms with Crippen LogP contribution in [-0.4, -0.2) is 39.8 Å². The predicted octanol–water partition coefficient (Wildman–Crippen LogP) is 12.0. The predicted molar refractivity (Wildman–Crippen MR) is 250 cm³/mol. The Hall–Kier alpha value is -3.85. The molecule has 0 spiro atoms. The van der Waals surface area contributed by atoms with Crippen LogP contribution in [0.5, 0.6) is 0 Å². The maximum Gasteiger partial charge on any atom is 0.261 e. The Bertz CT molecular complexity index is 1970. The molecule has 0 aliphatic carbocycles. The maximum atomic E-state index is 7.44. The van der Waals surface area contributed by atoms with Gasteiger partial charge < -0.3 is 23.4 Å². The van der Waals surface area contributed by atoms with Gasteiger partial charge in [-0.1, -0.05) is 174 Å². The molecular formula is C53H65ClO5Si. The molecule has 318 valence electrons. The molecule has 7 rings (SSSR count). The van der Waals surface area contributed by atoms with Crippen molar-refractivity contribution in [1.29, 1.82) is 0 Å². The van der Waals surface area contributed by atoms with Crippen LogP contribution >= 0.6 is 11.6 Å². The molecule has 0 N–H and O–H groups in total. The minimum atomic E-state index is -2.84. The van der Waals surface area contributed by atoms with Crippen LogP contribution in [-0.2, 0) is 49.6 Å². The molecule has 7 heteroatoms. The molecule has 0 aromatic heterocycles. The van der Waals surface area contributed by atoms with Gasteiger partial charge in [0, 0.05) is 24.2 Å². The Kier molecular flexibility index (Phi) is 17.0. The average molecular weight is 846 g/mol. The molecule has 0 radical (unpaired) electrons. The molecule has 0 amide bonds. The number of ether oxygens (including phenoxy) is 4. The molecule has 2 saturated heterocycles. The fourth-order valence-corrected chi connectivity index (χ4v) is 13.5. The Balaban J connectivity index is 0.00000112. The van der Waals surface area contributed by atoms with Crippen molar-refractivity contribution in [2.75, 3.05) is 13.2 Å². The molecule has 5 atom stereocenters. The third-order valence-electron chi connectivity index (χ3n) is 11.9. The first-order chi connectivity index (χ1) is 29.2. The summed E-state index contributed by atoms with van der Waals surface area (Å²) in [5.41, 5.74) is 5.38. The molecule has 2 heterocycles. The third-order valence-corrected chi connectivity index (χ3v) is 17.3. The lowest BCUT2D eigenvalue weighted by molar-refractivity contribution is -0.235. The van der Waals surface area contributed by atoms with E-state index >= 15 is 0 Å². The average Bonchev–Trinajstić information content (AvgIpc) is 3.87. The van der Waals surface area contributed by atoms with Crippen molar-refractivity contribution in [3.63, 3.8) is 0 Å². The van der Waals surface area contributed by atoms with Crippen LogP contribution < -0.4 is 10.4 Å². The first-order valence-electron chi connectivity index (χ1n) is 21.9. The van der Waals surface area contributed by atoms with Crippen LogP contribution in [0.1, 0.15) is 94.2 Å². The zero-order chi connectivity index (χ0) is 42.4. The monoisotopic (exact) mass is 844 g/mol. The van der Waals surface area contributed by atoms with Crippen molar-refractivity contribution in [2.45, 2.75) is 116 Å². The van der Waals surface area contributed by atoms with Gasteiger partial charge in [0.1, 0.15) is 12.2 Å². The quantitative estimate of drug-likeness (QED) is 0.0731. The second kappa shape index (κ2) is 22.3. The first-order valence-corrected chi connectivity index (χ1v) is 24.2. The fraction of sp³-hybridized carbons (Fsp3) is 0.396. The summed E-state index contributed by atoms with van der Waals surface area (Å²) in [6.45, 7) is 18.7. The SMILES string of the molecule is C1CCOC1.C=CCCc1cc(Cl)c(CO[Si](c2ccccc2)(c2ccccc2)C(C)(C)C)cc1C1O[C@H](CC)[C@@H](C)[C@H](OCc2ccccc2)[C@H]1OCc1ccccc1. The lowest BCUT2D eigenvalue weighted by Crippen LogP contribution is -2.66. The Morgan fingerprint density at radius 2 is 1.23 bits per heavy atom. The van der Waals surface area contributed by atoms with Gasteiger partial charge in [-0.15, -0.1) is 6.58 Å². The molecule has 2 aliphatic rings. The van der Waals surface area contributed by atoms with Crippen molar-refractivity contribution in [1.82, 2.24) is 0 Å². The van der Waals surface area contributed by atoms with Crippen LogP contribution in [0.3, 0.4) is 0 Å². The summed E-state index contributed by atoms with van der Waals surface area (Å²) >= 11 is 7.27. The molecular weight excluding hydrogens is 780 g/mol. The number of benzene rings is 5. The van der Waals surface area contributed by atoms with Gasteiger partial charge in [0.2, 0.25) is 0 Å². The summed E-state index contributed by atoms with van der Waals surface area (Å²) in [7, 11) is -2.84. The highest BCUT2D eigenvalue weighted by Gasteiger charge is 2.50. The van der Waals surface area contributed by atoms with Gasteiger partial charge in [-0.05, 0) is 87.5 Å². The second-order valence-electron chi connectivity index (χ2n) is 17.1. The summed E-state index contributed by atoms with van der Waals surface area (Å²) in [6, 6.07) is 46.6. The Labute approximate surface area is 366 Å². The van der Waals surface area contributed by atoms with Crippen LogP contribution in [0.4, 0.5) is 0 Å². The largest absolute Gasteiger partial charge is 0.403 e. The highest BCUT2D eigenvalue weighted by Crippen LogP contribution is 2.43. The summed E-state index contributed by atoms with van der Waals surface area (Å²) < 4.78 is 33.4. The number of halogens is 1. The van der Waals surface area contributed by atoms with Crippen LogP contribution in [0.2, 0.25) is 10.1 Å². The van der Waals surface area contributed by atoms with E-state index in [-0.39, 0.29) is 29.3 Å². The maximum absolute atomic E-state index is 7.44. The topological polar surface area (TPSA) is 46.2 Å². The molecule has 5 nitrogen and oxygen atoms in total. The van der Waals surface area contributed by atoms with E-state index in [1.165, 1.54) is 23.2 Å². The van der Waals surface area contributed by atoms with Crippen molar-refractivity contribution in [3.8, 4) is 0 Å². The number of hydrogen-bond donors (Lipinski definition) is 0. The van der Waals surface area contributed by atoms with Gasteiger partial charge in [-0.3, -0.25) is 0 Å².